The molecule has 3 nitrogen and oxygen atoms in total. The van der Waals surface area contributed by atoms with Gasteiger partial charge in [-0.1, -0.05) is 11.6 Å². The van der Waals surface area contributed by atoms with Gasteiger partial charge in [-0.25, -0.2) is 4.39 Å². The molecule has 0 heterocycles. The first-order valence-corrected chi connectivity index (χ1v) is 6.74. The van der Waals surface area contributed by atoms with Crippen molar-refractivity contribution in [1.29, 1.82) is 0 Å². The molecule has 2 aromatic carbocycles. The molecule has 0 saturated heterocycles. The lowest BCUT2D eigenvalue weighted by molar-refractivity contribution is 0.102. The Kier molecular flexibility index (Phi) is 4.26. The fourth-order valence-electron chi connectivity index (χ4n) is 1.48. The van der Waals surface area contributed by atoms with E-state index in [-0.39, 0.29) is 11.7 Å². The summed E-state index contributed by atoms with van der Waals surface area (Å²) in [5.74, 6) is -0.707. The molecule has 3 N–H and O–H groups in total. The van der Waals surface area contributed by atoms with E-state index in [4.69, 9.17) is 17.3 Å². The zero-order chi connectivity index (χ0) is 14.0. The number of nitrogens with one attached hydrogen (secondary N) is 1. The number of benzene rings is 2. The van der Waals surface area contributed by atoms with Gasteiger partial charge in [-0.3, -0.25) is 4.79 Å². The molecule has 0 unspecified atom stereocenters. The summed E-state index contributed by atoms with van der Waals surface area (Å²) in [7, 11) is 0. The fraction of sp³-hybridized carbons (Fsp3) is 0. The van der Waals surface area contributed by atoms with Crippen LogP contribution in [0.4, 0.5) is 15.8 Å². The summed E-state index contributed by atoms with van der Waals surface area (Å²) in [5, 5.41) is 3.05. The van der Waals surface area contributed by atoms with E-state index in [0.717, 1.165) is 0 Å². The minimum Gasteiger partial charge on any atom is -0.398 e. The van der Waals surface area contributed by atoms with Gasteiger partial charge in [-0.15, -0.1) is 0 Å². The molecular weight excluding hydrogens is 382 g/mol. The fourth-order valence-corrected chi connectivity index (χ4v) is 2.38. The second kappa shape index (κ2) is 5.75. The van der Waals surface area contributed by atoms with Crippen LogP contribution in [0.3, 0.4) is 0 Å². The van der Waals surface area contributed by atoms with Gasteiger partial charge in [0.05, 0.1) is 16.3 Å². The Hall–Kier alpha value is -1.34. The second-order valence-electron chi connectivity index (χ2n) is 3.81. The lowest BCUT2D eigenvalue weighted by atomic mass is 10.2. The van der Waals surface area contributed by atoms with Crippen LogP contribution in [0.25, 0.3) is 0 Å². The number of nitrogen functional groups attached to an aromatic ring is 1. The molecule has 6 heteroatoms. The number of amides is 1. The van der Waals surface area contributed by atoms with Crippen molar-refractivity contribution in [2.45, 2.75) is 0 Å². The number of halogens is 3. The number of carbonyl (C=O) groups is 1. The SMILES string of the molecule is Nc1ccc(NC(=O)c2ccc(F)cc2I)cc1Cl. The minimum absolute atomic E-state index is 0.328. The maximum atomic E-state index is 13.0. The van der Waals surface area contributed by atoms with Crippen LogP contribution < -0.4 is 11.1 Å². The molecule has 0 aliphatic heterocycles. The second-order valence-corrected chi connectivity index (χ2v) is 5.38. The van der Waals surface area contributed by atoms with Crippen LogP contribution in [-0.4, -0.2) is 5.91 Å². The monoisotopic (exact) mass is 390 g/mol. The molecule has 0 bridgehead atoms. The molecule has 98 valence electrons. The number of anilines is 2. The van der Waals surface area contributed by atoms with Crippen molar-refractivity contribution < 1.29 is 9.18 Å². The van der Waals surface area contributed by atoms with Gasteiger partial charge in [-0.2, -0.15) is 0 Å². The number of nitrogens with two attached hydrogens (primary N) is 1. The molecule has 0 saturated carbocycles. The van der Waals surface area contributed by atoms with Crippen LogP contribution in [0.1, 0.15) is 10.4 Å². The molecule has 2 rings (SSSR count). The van der Waals surface area contributed by atoms with E-state index in [1.165, 1.54) is 18.2 Å². The number of hydrogen-bond donors (Lipinski definition) is 2. The van der Waals surface area contributed by atoms with Crippen LogP contribution in [0, 0.1) is 9.39 Å². The van der Waals surface area contributed by atoms with E-state index in [9.17, 15) is 9.18 Å². The van der Waals surface area contributed by atoms with Crippen molar-refractivity contribution in [3.8, 4) is 0 Å². The third-order valence-electron chi connectivity index (χ3n) is 2.43. The highest BCUT2D eigenvalue weighted by molar-refractivity contribution is 14.1. The summed E-state index contributed by atoms with van der Waals surface area (Å²) in [6.45, 7) is 0. The van der Waals surface area contributed by atoms with E-state index < -0.39 is 0 Å². The van der Waals surface area contributed by atoms with E-state index in [1.54, 1.807) is 18.2 Å². The van der Waals surface area contributed by atoms with Gasteiger partial charge < -0.3 is 11.1 Å². The van der Waals surface area contributed by atoms with Crippen molar-refractivity contribution in [2.75, 3.05) is 11.1 Å². The van der Waals surface area contributed by atoms with E-state index >= 15 is 0 Å². The standard InChI is InChI=1S/C13H9ClFIN2O/c14-10-6-8(2-4-12(10)17)18-13(19)9-3-1-7(15)5-11(9)16/h1-6H,17H2,(H,18,19). The van der Waals surface area contributed by atoms with Crippen molar-refractivity contribution in [3.05, 3.63) is 56.4 Å². The molecule has 0 fully saturated rings. The van der Waals surface area contributed by atoms with Crippen molar-refractivity contribution in [3.63, 3.8) is 0 Å². The van der Waals surface area contributed by atoms with Crippen LogP contribution in [0.2, 0.25) is 5.02 Å². The van der Waals surface area contributed by atoms with Crippen LogP contribution >= 0.6 is 34.2 Å². The summed E-state index contributed by atoms with van der Waals surface area (Å²) in [6, 6.07) is 8.79. The largest absolute Gasteiger partial charge is 0.398 e. The van der Waals surface area contributed by atoms with E-state index in [2.05, 4.69) is 5.32 Å². The maximum absolute atomic E-state index is 13.0. The van der Waals surface area contributed by atoms with Gasteiger partial charge in [0.15, 0.2) is 0 Å². The van der Waals surface area contributed by atoms with Gasteiger partial charge in [-0.05, 0) is 59.0 Å². The van der Waals surface area contributed by atoms with Crippen molar-refractivity contribution in [2.24, 2.45) is 0 Å². The molecule has 0 atom stereocenters. The molecule has 0 aliphatic carbocycles. The molecule has 0 aromatic heterocycles. The number of rotatable bonds is 2. The lowest BCUT2D eigenvalue weighted by Gasteiger charge is -2.08. The summed E-state index contributed by atoms with van der Waals surface area (Å²) in [5.41, 5.74) is 6.95. The van der Waals surface area contributed by atoms with Gasteiger partial charge in [0.2, 0.25) is 0 Å². The van der Waals surface area contributed by atoms with Crippen LogP contribution in [0.15, 0.2) is 36.4 Å². The van der Waals surface area contributed by atoms with Gasteiger partial charge >= 0.3 is 0 Å². The van der Waals surface area contributed by atoms with E-state index in [0.29, 0.717) is 25.5 Å². The average molecular weight is 391 g/mol. The normalized spacial score (nSPS) is 10.3. The zero-order valence-corrected chi connectivity index (χ0v) is 12.5. The Balaban J connectivity index is 2.23. The Morgan fingerprint density at radius 3 is 2.63 bits per heavy atom. The minimum atomic E-state index is -0.378. The molecule has 0 aliphatic rings. The van der Waals surface area contributed by atoms with Gasteiger partial charge in [0.25, 0.3) is 5.91 Å². The maximum Gasteiger partial charge on any atom is 0.256 e. The van der Waals surface area contributed by atoms with Gasteiger partial charge in [0, 0.05) is 9.26 Å². The molecular formula is C13H9ClFIN2O. The number of hydrogen-bond acceptors (Lipinski definition) is 2. The Labute approximate surface area is 128 Å². The van der Waals surface area contributed by atoms with Crippen molar-refractivity contribution >= 4 is 51.5 Å². The third kappa shape index (κ3) is 3.36. The summed E-state index contributed by atoms with van der Waals surface area (Å²) in [6.07, 6.45) is 0. The molecule has 19 heavy (non-hydrogen) atoms. The van der Waals surface area contributed by atoms with Crippen molar-refractivity contribution in [1.82, 2.24) is 0 Å². The zero-order valence-electron chi connectivity index (χ0n) is 9.58. The highest BCUT2D eigenvalue weighted by atomic mass is 127. The molecule has 0 spiro atoms. The summed E-state index contributed by atoms with van der Waals surface area (Å²) < 4.78 is 13.5. The predicted molar refractivity (Wildman–Crippen MR) is 82.9 cm³/mol. The highest BCUT2D eigenvalue weighted by Crippen LogP contribution is 2.23. The third-order valence-corrected chi connectivity index (χ3v) is 3.65. The van der Waals surface area contributed by atoms with Crippen LogP contribution in [0.5, 0.6) is 0 Å². The molecule has 1 amide bonds. The summed E-state index contributed by atoms with van der Waals surface area (Å²) >= 11 is 7.78. The van der Waals surface area contributed by atoms with Gasteiger partial charge in [0.1, 0.15) is 5.82 Å². The average Bonchev–Trinajstić information content (AvgIpc) is 2.33. The smallest absolute Gasteiger partial charge is 0.256 e. The Morgan fingerprint density at radius 1 is 1.26 bits per heavy atom. The Morgan fingerprint density at radius 2 is 2.00 bits per heavy atom. The summed E-state index contributed by atoms with van der Waals surface area (Å²) in [4.78, 5) is 12.0. The lowest BCUT2D eigenvalue weighted by Crippen LogP contribution is -2.13. The Bertz CT molecular complexity index is 649. The molecule has 2 aromatic rings. The highest BCUT2D eigenvalue weighted by Gasteiger charge is 2.11. The van der Waals surface area contributed by atoms with E-state index in [1.807, 2.05) is 22.6 Å². The first-order chi connectivity index (χ1) is 8.97. The predicted octanol–water partition coefficient (Wildman–Crippen LogP) is 3.92. The quantitative estimate of drug-likeness (QED) is 0.603. The first kappa shape index (κ1) is 14.1. The first-order valence-electron chi connectivity index (χ1n) is 5.29. The van der Waals surface area contributed by atoms with Crippen LogP contribution in [-0.2, 0) is 0 Å². The molecule has 0 radical (unpaired) electrons. The number of carbonyl (C=O) groups excluding carboxylic acids is 1. The topological polar surface area (TPSA) is 55.1 Å².